The quantitative estimate of drug-likeness (QED) is 0.903. The highest BCUT2D eigenvalue weighted by Gasteiger charge is 2.27. The van der Waals surface area contributed by atoms with E-state index in [-0.39, 0.29) is 5.56 Å². The summed E-state index contributed by atoms with van der Waals surface area (Å²) in [5.74, 6) is -0.370. The fourth-order valence-corrected chi connectivity index (χ4v) is 2.68. The smallest absolute Gasteiger partial charge is 0.130 e. The van der Waals surface area contributed by atoms with Gasteiger partial charge >= 0.3 is 0 Å². The third-order valence-electron chi connectivity index (χ3n) is 4.12. The summed E-state index contributed by atoms with van der Waals surface area (Å²) in [6.45, 7) is 7.32. The highest BCUT2D eigenvalue weighted by molar-refractivity contribution is 5.19. The van der Waals surface area contributed by atoms with E-state index in [1.807, 2.05) is 0 Å². The third-order valence-corrected chi connectivity index (χ3v) is 4.12. The second kappa shape index (κ2) is 6.44. The minimum absolute atomic E-state index is 0.192. The number of hydrogen-bond donors (Lipinski definition) is 1. The van der Waals surface area contributed by atoms with Crippen LogP contribution in [-0.2, 0) is 6.54 Å². The molecule has 1 saturated heterocycles. The van der Waals surface area contributed by atoms with Crippen molar-refractivity contribution in [3.8, 4) is 0 Å². The van der Waals surface area contributed by atoms with Crippen molar-refractivity contribution in [3.63, 3.8) is 0 Å². The fourth-order valence-electron chi connectivity index (χ4n) is 2.68. The van der Waals surface area contributed by atoms with Crippen LogP contribution in [0.15, 0.2) is 18.2 Å². The van der Waals surface area contributed by atoms with Gasteiger partial charge in [-0.25, -0.2) is 8.78 Å². The number of rotatable bonds is 4. The van der Waals surface area contributed by atoms with Gasteiger partial charge in [-0.3, -0.25) is 4.90 Å². The van der Waals surface area contributed by atoms with Gasteiger partial charge in [-0.15, -0.1) is 0 Å². The van der Waals surface area contributed by atoms with Gasteiger partial charge in [-0.05, 0) is 18.1 Å². The topological polar surface area (TPSA) is 15.3 Å². The van der Waals surface area contributed by atoms with Gasteiger partial charge in [-0.1, -0.05) is 26.3 Å². The molecule has 106 valence electrons. The van der Waals surface area contributed by atoms with Crippen LogP contribution in [0.1, 0.15) is 25.8 Å². The van der Waals surface area contributed by atoms with Gasteiger partial charge in [0.05, 0.1) is 0 Å². The molecule has 0 aliphatic carbocycles. The number of hydrogen-bond acceptors (Lipinski definition) is 2. The predicted octanol–water partition coefficient (Wildman–Crippen LogP) is 2.78. The Bertz CT molecular complexity index is 402. The maximum absolute atomic E-state index is 13.7. The van der Waals surface area contributed by atoms with Crippen molar-refractivity contribution < 1.29 is 8.78 Å². The van der Waals surface area contributed by atoms with Crippen LogP contribution in [0, 0.1) is 17.6 Å². The summed E-state index contributed by atoms with van der Waals surface area (Å²) >= 11 is 0. The van der Waals surface area contributed by atoms with E-state index in [9.17, 15) is 8.78 Å². The number of nitrogens with one attached hydrogen (secondary N) is 1. The molecule has 2 nitrogen and oxygen atoms in total. The zero-order valence-electron chi connectivity index (χ0n) is 11.6. The van der Waals surface area contributed by atoms with Crippen molar-refractivity contribution in [1.82, 2.24) is 10.2 Å². The van der Waals surface area contributed by atoms with E-state index in [0.717, 1.165) is 26.1 Å². The largest absolute Gasteiger partial charge is 0.314 e. The van der Waals surface area contributed by atoms with Gasteiger partial charge in [0, 0.05) is 37.8 Å². The van der Waals surface area contributed by atoms with Crippen LogP contribution in [0.4, 0.5) is 8.78 Å². The number of halogens is 2. The molecule has 2 rings (SSSR count). The molecule has 1 aromatic rings. The predicted molar refractivity (Wildman–Crippen MR) is 72.9 cm³/mol. The van der Waals surface area contributed by atoms with Gasteiger partial charge in [0.15, 0.2) is 0 Å². The molecule has 2 atom stereocenters. The van der Waals surface area contributed by atoms with Crippen LogP contribution in [0.25, 0.3) is 0 Å². The minimum Gasteiger partial charge on any atom is -0.314 e. The molecular weight excluding hydrogens is 246 g/mol. The van der Waals surface area contributed by atoms with Crippen molar-refractivity contribution in [1.29, 1.82) is 0 Å². The van der Waals surface area contributed by atoms with Crippen LogP contribution < -0.4 is 5.32 Å². The average Bonchev–Trinajstić information content (AvgIpc) is 2.42. The summed E-state index contributed by atoms with van der Waals surface area (Å²) < 4.78 is 27.5. The SMILES string of the molecule is CCC(C)C1CNCCN1Cc1c(F)cccc1F. The Morgan fingerprint density at radius 3 is 2.68 bits per heavy atom. The van der Waals surface area contributed by atoms with Crippen molar-refractivity contribution in [2.24, 2.45) is 5.92 Å². The summed E-state index contributed by atoms with van der Waals surface area (Å²) in [5.41, 5.74) is 0.192. The molecule has 0 radical (unpaired) electrons. The molecular formula is C15H22F2N2. The normalized spacial score (nSPS) is 22.4. The van der Waals surface area contributed by atoms with Gasteiger partial charge in [0.1, 0.15) is 11.6 Å². The fraction of sp³-hybridized carbons (Fsp3) is 0.600. The minimum atomic E-state index is -0.443. The molecule has 0 saturated carbocycles. The van der Waals surface area contributed by atoms with Crippen molar-refractivity contribution in [2.45, 2.75) is 32.9 Å². The van der Waals surface area contributed by atoms with Crippen LogP contribution in [-0.4, -0.2) is 30.6 Å². The first-order valence-electron chi connectivity index (χ1n) is 7.01. The van der Waals surface area contributed by atoms with E-state index in [0.29, 0.717) is 18.5 Å². The van der Waals surface area contributed by atoms with Crippen molar-refractivity contribution >= 4 is 0 Å². The van der Waals surface area contributed by atoms with Gasteiger partial charge in [-0.2, -0.15) is 0 Å². The van der Waals surface area contributed by atoms with Crippen LogP contribution in [0.3, 0.4) is 0 Å². The van der Waals surface area contributed by atoms with E-state index in [1.165, 1.54) is 18.2 Å². The first-order chi connectivity index (χ1) is 9.13. The number of piperazine rings is 1. The summed E-state index contributed by atoms with van der Waals surface area (Å²) in [6.07, 6.45) is 1.07. The van der Waals surface area contributed by atoms with Crippen LogP contribution >= 0.6 is 0 Å². The lowest BCUT2D eigenvalue weighted by Crippen LogP contribution is -2.53. The Hall–Kier alpha value is -1.00. The van der Waals surface area contributed by atoms with Gasteiger partial charge in [0.2, 0.25) is 0 Å². The molecule has 0 spiro atoms. The maximum atomic E-state index is 13.7. The monoisotopic (exact) mass is 268 g/mol. The summed E-state index contributed by atoms with van der Waals surface area (Å²) in [6, 6.07) is 4.42. The molecule has 19 heavy (non-hydrogen) atoms. The Kier molecular flexibility index (Phi) is 4.88. The molecule has 1 fully saturated rings. The standard InChI is InChI=1S/C15H22F2N2/c1-3-11(2)15-9-18-7-8-19(15)10-12-13(16)5-4-6-14(12)17/h4-6,11,15,18H,3,7-10H2,1-2H3. The summed E-state index contributed by atoms with van der Waals surface area (Å²) in [5, 5.41) is 3.37. The molecule has 1 aromatic carbocycles. The summed E-state index contributed by atoms with van der Waals surface area (Å²) in [7, 11) is 0. The third kappa shape index (κ3) is 3.31. The molecule has 4 heteroatoms. The molecule has 1 N–H and O–H groups in total. The van der Waals surface area contributed by atoms with Gasteiger partial charge in [0.25, 0.3) is 0 Å². The second-order valence-corrected chi connectivity index (χ2v) is 5.33. The Morgan fingerprint density at radius 1 is 1.37 bits per heavy atom. The maximum Gasteiger partial charge on any atom is 0.130 e. The first-order valence-corrected chi connectivity index (χ1v) is 7.01. The zero-order valence-corrected chi connectivity index (χ0v) is 11.6. The van der Waals surface area contributed by atoms with Crippen molar-refractivity contribution in [3.05, 3.63) is 35.4 Å². The van der Waals surface area contributed by atoms with E-state index >= 15 is 0 Å². The number of benzene rings is 1. The lowest BCUT2D eigenvalue weighted by molar-refractivity contribution is 0.106. The lowest BCUT2D eigenvalue weighted by atomic mass is 9.95. The molecule has 0 amide bonds. The molecule has 2 unspecified atom stereocenters. The van der Waals surface area contributed by atoms with E-state index in [4.69, 9.17) is 0 Å². The molecule has 1 aliphatic heterocycles. The highest BCUT2D eigenvalue weighted by atomic mass is 19.1. The summed E-state index contributed by atoms with van der Waals surface area (Å²) in [4.78, 5) is 2.20. The molecule has 0 bridgehead atoms. The lowest BCUT2D eigenvalue weighted by Gasteiger charge is -2.39. The zero-order chi connectivity index (χ0) is 13.8. The second-order valence-electron chi connectivity index (χ2n) is 5.33. The van der Waals surface area contributed by atoms with Crippen LogP contribution in [0.5, 0.6) is 0 Å². The van der Waals surface area contributed by atoms with E-state index in [2.05, 4.69) is 24.1 Å². The first kappa shape index (κ1) is 14.4. The van der Waals surface area contributed by atoms with Crippen molar-refractivity contribution in [2.75, 3.05) is 19.6 Å². The average molecular weight is 268 g/mol. The van der Waals surface area contributed by atoms with Crippen LogP contribution in [0.2, 0.25) is 0 Å². The molecule has 1 heterocycles. The Labute approximate surface area is 113 Å². The van der Waals surface area contributed by atoms with E-state index < -0.39 is 11.6 Å². The molecule has 0 aromatic heterocycles. The Morgan fingerprint density at radius 2 is 2.05 bits per heavy atom. The van der Waals surface area contributed by atoms with E-state index in [1.54, 1.807) is 0 Å². The van der Waals surface area contributed by atoms with Gasteiger partial charge < -0.3 is 5.32 Å². The molecule has 1 aliphatic rings. The Balaban J connectivity index is 2.15. The number of nitrogens with zero attached hydrogens (tertiary/aromatic N) is 1. The highest BCUT2D eigenvalue weighted by Crippen LogP contribution is 2.21.